The van der Waals surface area contributed by atoms with Crippen LogP contribution >= 0.6 is 0 Å². The monoisotopic (exact) mass is 382 g/mol. The number of rotatable bonds is 6. The second-order valence-electron chi connectivity index (χ2n) is 7.58. The number of fused-ring (bicyclic) bond motifs is 1. The molecule has 0 bridgehead atoms. The number of hydrogen-bond acceptors (Lipinski definition) is 3. The fraction of sp³-hybridized carbons (Fsp3) is 0.409. The van der Waals surface area contributed by atoms with Crippen LogP contribution in [-0.2, 0) is 17.8 Å². The maximum atomic E-state index is 13.6. The van der Waals surface area contributed by atoms with Crippen molar-refractivity contribution in [3.63, 3.8) is 0 Å². The molecule has 148 valence electrons. The molecule has 1 amide bonds. The van der Waals surface area contributed by atoms with Crippen molar-refractivity contribution in [1.82, 2.24) is 20.1 Å². The molecule has 2 heterocycles. The van der Waals surface area contributed by atoms with E-state index in [9.17, 15) is 9.18 Å². The Morgan fingerprint density at radius 2 is 2.00 bits per heavy atom. The number of hydrogen-bond donors (Lipinski definition) is 1. The van der Waals surface area contributed by atoms with E-state index in [0.29, 0.717) is 24.9 Å². The Balaban J connectivity index is 1.67. The van der Waals surface area contributed by atoms with Crippen LogP contribution in [0.2, 0.25) is 0 Å². The first-order valence-electron chi connectivity index (χ1n) is 9.63. The van der Waals surface area contributed by atoms with Gasteiger partial charge in [-0.15, -0.1) is 0 Å². The highest BCUT2D eigenvalue weighted by Crippen LogP contribution is 2.25. The number of nitrogens with zero attached hydrogens (tertiary/aromatic N) is 3. The third-order valence-corrected chi connectivity index (χ3v) is 5.15. The lowest BCUT2D eigenvalue weighted by molar-refractivity contribution is -0.121. The summed E-state index contributed by atoms with van der Waals surface area (Å²) in [6, 6.07) is 5.26. The molecule has 6 heteroatoms. The number of amides is 1. The highest BCUT2D eigenvalue weighted by atomic mass is 19.1. The Bertz CT molecular complexity index is 1020. The molecule has 28 heavy (non-hydrogen) atoms. The van der Waals surface area contributed by atoms with Gasteiger partial charge in [-0.2, -0.15) is 5.10 Å². The number of pyridine rings is 1. The molecule has 0 fully saturated rings. The maximum Gasteiger partial charge on any atom is 0.220 e. The first-order chi connectivity index (χ1) is 13.3. The Hall–Kier alpha value is -2.76. The van der Waals surface area contributed by atoms with Crippen LogP contribution in [0.15, 0.2) is 24.4 Å². The van der Waals surface area contributed by atoms with Crippen LogP contribution in [0.1, 0.15) is 54.3 Å². The van der Waals surface area contributed by atoms with Gasteiger partial charge in [0, 0.05) is 30.1 Å². The van der Waals surface area contributed by atoms with Crippen molar-refractivity contribution in [2.75, 3.05) is 0 Å². The van der Waals surface area contributed by atoms with E-state index in [0.717, 1.165) is 33.4 Å². The number of carbonyl (C=O) groups is 1. The van der Waals surface area contributed by atoms with Gasteiger partial charge in [0.25, 0.3) is 0 Å². The van der Waals surface area contributed by atoms with Gasteiger partial charge in [0.2, 0.25) is 5.91 Å². The van der Waals surface area contributed by atoms with E-state index in [1.54, 1.807) is 13.0 Å². The Labute approximate surface area is 165 Å². The minimum absolute atomic E-state index is 0.0576. The summed E-state index contributed by atoms with van der Waals surface area (Å²) in [7, 11) is 0. The lowest BCUT2D eigenvalue weighted by Crippen LogP contribution is -2.23. The molecule has 0 aliphatic rings. The summed E-state index contributed by atoms with van der Waals surface area (Å²) in [5.74, 6) is -0.308. The highest BCUT2D eigenvalue weighted by Gasteiger charge is 2.15. The quantitative estimate of drug-likeness (QED) is 0.690. The summed E-state index contributed by atoms with van der Waals surface area (Å²) in [6.45, 7) is 10.2. The Kier molecular flexibility index (Phi) is 5.77. The second kappa shape index (κ2) is 8.09. The highest BCUT2D eigenvalue weighted by molar-refractivity contribution is 5.81. The van der Waals surface area contributed by atoms with Crippen molar-refractivity contribution >= 4 is 16.9 Å². The van der Waals surface area contributed by atoms with E-state index in [-0.39, 0.29) is 17.8 Å². The molecule has 0 saturated heterocycles. The summed E-state index contributed by atoms with van der Waals surface area (Å²) in [5.41, 5.74) is 5.40. The van der Waals surface area contributed by atoms with Crippen LogP contribution in [0.25, 0.3) is 11.0 Å². The van der Waals surface area contributed by atoms with Gasteiger partial charge in [-0.1, -0.05) is 12.1 Å². The molecule has 0 saturated carbocycles. The van der Waals surface area contributed by atoms with Gasteiger partial charge in [-0.3, -0.25) is 4.79 Å². The molecule has 0 unspecified atom stereocenters. The molecule has 0 aliphatic heterocycles. The molecule has 2 aromatic heterocycles. The van der Waals surface area contributed by atoms with Gasteiger partial charge < -0.3 is 5.32 Å². The summed E-state index contributed by atoms with van der Waals surface area (Å²) < 4.78 is 15.5. The van der Waals surface area contributed by atoms with Gasteiger partial charge in [-0.25, -0.2) is 14.1 Å². The van der Waals surface area contributed by atoms with Gasteiger partial charge in [-0.05, 0) is 69.4 Å². The van der Waals surface area contributed by atoms with E-state index in [1.807, 2.05) is 23.9 Å². The van der Waals surface area contributed by atoms with E-state index in [1.165, 1.54) is 6.07 Å². The summed E-state index contributed by atoms with van der Waals surface area (Å²) in [6.07, 6.45) is 2.83. The molecular formula is C22H27FN4O. The average Bonchev–Trinajstić information content (AvgIpc) is 3.06. The molecule has 0 atom stereocenters. The van der Waals surface area contributed by atoms with E-state index in [2.05, 4.69) is 31.2 Å². The number of nitrogens with one attached hydrogen (secondary N) is 1. The first kappa shape index (κ1) is 20.0. The lowest BCUT2D eigenvalue weighted by atomic mass is 10.0. The molecule has 0 aliphatic carbocycles. The minimum Gasteiger partial charge on any atom is -0.352 e. The standard InChI is InChI=1S/C22H27FN4O/c1-13(2)27-22-19(12-25-27)15(4)18(16(5)26-22)8-9-21(28)24-11-17-7-6-14(3)20(23)10-17/h6-7,10,12-13H,8-9,11H2,1-5H3,(H,24,28). The van der Waals surface area contributed by atoms with Gasteiger partial charge >= 0.3 is 0 Å². The normalized spacial score (nSPS) is 11.4. The van der Waals surface area contributed by atoms with Crippen molar-refractivity contribution in [3.8, 4) is 0 Å². The smallest absolute Gasteiger partial charge is 0.220 e. The van der Waals surface area contributed by atoms with Crippen molar-refractivity contribution in [3.05, 3.63) is 58.2 Å². The minimum atomic E-state index is -0.251. The molecule has 0 radical (unpaired) electrons. The third kappa shape index (κ3) is 4.06. The molecule has 3 rings (SSSR count). The Morgan fingerprint density at radius 1 is 1.25 bits per heavy atom. The zero-order valence-corrected chi connectivity index (χ0v) is 17.1. The molecule has 0 spiro atoms. The van der Waals surface area contributed by atoms with E-state index < -0.39 is 0 Å². The van der Waals surface area contributed by atoms with Gasteiger partial charge in [0.15, 0.2) is 5.65 Å². The van der Waals surface area contributed by atoms with Crippen molar-refractivity contribution in [2.45, 2.75) is 60.0 Å². The number of carbonyl (C=O) groups excluding carboxylic acids is 1. The van der Waals surface area contributed by atoms with Crippen molar-refractivity contribution in [1.29, 1.82) is 0 Å². The summed E-state index contributed by atoms with van der Waals surface area (Å²) in [4.78, 5) is 17.0. The zero-order chi connectivity index (χ0) is 20.4. The van der Waals surface area contributed by atoms with Crippen LogP contribution in [0.3, 0.4) is 0 Å². The van der Waals surface area contributed by atoms with Crippen LogP contribution < -0.4 is 5.32 Å². The first-order valence-corrected chi connectivity index (χ1v) is 9.63. The number of benzene rings is 1. The Morgan fingerprint density at radius 3 is 2.68 bits per heavy atom. The average molecular weight is 382 g/mol. The second-order valence-corrected chi connectivity index (χ2v) is 7.58. The summed E-state index contributed by atoms with van der Waals surface area (Å²) in [5, 5.41) is 8.35. The predicted octanol–water partition coefficient (Wildman–Crippen LogP) is 4.33. The van der Waals surface area contributed by atoms with Gasteiger partial charge in [0.1, 0.15) is 5.82 Å². The van der Waals surface area contributed by atoms with Crippen LogP contribution in [0.4, 0.5) is 4.39 Å². The SMILES string of the molecule is Cc1ccc(CNC(=O)CCc2c(C)nc3c(cnn3C(C)C)c2C)cc1F. The van der Waals surface area contributed by atoms with Gasteiger partial charge in [0.05, 0.1) is 6.20 Å². The number of aromatic nitrogens is 3. The molecule has 1 N–H and O–H groups in total. The number of aryl methyl sites for hydroxylation is 3. The molecular weight excluding hydrogens is 355 g/mol. The number of halogens is 1. The van der Waals surface area contributed by atoms with Crippen LogP contribution in [0.5, 0.6) is 0 Å². The van der Waals surface area contributed by atoms with Crippen LogP contribution in [-0.4, -0.2) is 20.7 Å². The maximum absolute atomic E-state index is 13.6. The fourth-order valence-corrected chi connectivity index (χ4v) is 3.41. The zero-order valence-electron chi connectivity index (χ0n) is 17.1. The molecule has 3 aromatic rings. The fourth-order valence-electron chi connectivity index (χ4n) is 3.41. The van der Waals surface area contributed by atoms with E-state index in [4.69, 9.17) is 4.98 Å². The topological polar surface area (TPSA) is 59.8 Å². The molecule has 5 nitrogen and oxygen atoms in total. The largest absolute Gasteiger partial charge is 0.352 e. The van der Waals surface area contributed by atoms with Crippen molar-refractivity contribution in [2.24, 2.45) is 0 Å². The van der Waals surface area contributed by atoms with Crippen molar-refractivity contribution < 1.29 is 9.18 Å². The van der Waals surface area contributed by atoms with Crippen LogP contribution in [0, 0.1) is 26.6 Å². The lowest BCUT2D eigenvalue weighted by Gasteiger charge is -2.13. The predicted molar refractivity (Wildman–Crippen MR) is 109 cm³/mol. The molecule has 1 aromatic carbocycles. The summed E-state index contributed by atoms with van der Waals surface area (Å²) >= 11 is 0. The van der Waals surface area contributed by atoms with E-state index >= 15 is 0 Å². The third-order valence-electron chi connectivity index (χ3n) is 5.15.